The smallest absolute Gasteiger partial charge is 0.0541 e. The second kappa shape index (κ2) is 12.7. The molecule has 0 aliphatic heterocycles. The molecule has 2 heterocycles. The number of allylic oxidation sites excluding steroid dienone is 5. The fraction of sp³-hybridized carbons (Fsp3) is 0.0204. The summed E-state index contributed by atoms with van der Waals surface area (Å²) in [4.78, 5) is 0. The Kier molecular flexibility index (Phi) is 7.56. The van der Waals surface area contributed by atoms with Gasteiger partial charge in [0.15, 0.2) is 0 Å². The molecule has 0 saturated heterocycles. The van der Waals surface area contributed by atoms with Crippen molar-refractivity contribution in [3.05, 3.63) is 200 Å². The van der Waals surface area contributed by atoms with Crippen LogP contribution >= 0.6 is 0 Å². The molecule has 2 aromatic heterocycles. The van der Waals surface area contributed by atoms with Gasteiger partial charge < -0.3 is 9.13 Å². The monoisotopic (exact) mass is 652 g/mol. The van der Waals surface area contributed by atoms with Crippen molar-refractivity contribution in [1.82, 2.24) is 9.13 Å². The zero-order valence-corrected chi connectivity index (χ0v) is 28.5. The van der Waals surface area contributed by atoms with E-state index in [9.17, 15) is 0 Å². The van der Waals surface area contributed by atoms with Crippen LogP contribution < -0.4 is 0 Å². The van der Waals surface area contributed by atoms with Crippen LogP contribution in [0, 0.1) is 0 Å². The second-order valence-corrected chi connectivity index (χ2v) is 13.0. The third-order valence-electron chi connectivity index (χ3n) is 10.1. The molecular formula is C49H36N2. The maximum atomic E-state index is 3.85. The second-order valence-electron chi connectivity index (χ2n) is 13.0. The summed E-state index contributed by atoms with van der Waals surface area (Å²) in [5, 5.41) is 4.98. The topological polar surface area (TPSA) is 9.86 Å². The van der Waals surface area contributed by atoms with Crippen molar-refractivity contribution in [3.8, 4) is 33.6 Å². The first-order chi connectivity index (χ1) is 25.2. The highest BCUT2D eigenvalue weighted by Gasteiger charge is 2.17. The molecule has 0 atom stereocenters. The van der Waals surface area contributed by atoms with Crippen molar-refractivity contribution in [3.63, 3.8) is 0 Å². The summed E-state index contributed by atoms with van der Waals surface area (Å²) in [7, 11) is 0. The van der Waals surface area contributed by atoms with Gasteiger partial charge in [0.2, 0.25) is 0 Å². The highest BCUT2D eigenvalue weighted by molar-refractivity contribution is 6.13. The largest absolute Gasteiger partial charge is 0.309 e. The van der Waals surface area contributed by atoms with Gasteiger partial charge in [-0.2, -0.15) is 0 Å². The Morgan fingerprint density at radius 1 is 0.451 bits per heavy atom. The standard InChI is InChI=1S/C49H36N2/c1-3-5-15-34(4-2)36-18-14-21-41(30-36)51-46-23-13-12-22-42(46)43-32-38(25-28-47(43)51)39-26-29-49-45(33-39)44-31-37(35-16-8-6-9-17-35)24-27-48(44)50(49)40-19-10-7-11-20-40/h3-33H,1H2,2H3/b15-5-,34-4+. The third kappa shape index (κ3) is 5.21. The van der Waals surface area contributed by atoms with Crippen molar-refractivity contribution in [2.45, 2.75) is 6.92 Å². The lowest BCUT2D eigenvalue weighted by Crippen LogP contribution is -1.95. The molecule has 51 heavy (non-hydrogen) atoms. The zero-order chi connectivity index (χ0) is 34.3. The average Bonchev–Trinajstić information content (AvgIpc) is 3.71. The molecule has 0 aliphatic carbocycles. The predicted molar refractivity (Wildman–Crippen MR) is 219 cm³/mol. The molecule has 242 valence electrons. The van der Waals surface area contributed by atoms with Crippen LogP contribution in [-0.2, 0) is 0 Å². The van der Waals surface area contributed by atoms with E-state index in [4.69, 9.17) is 0 Å². The molecule has 0 N–H and O–H groups in total. The maximum Gasteiger partial charge on any atom is 0.0541 e. The van der Waals surface area contributed by atoms with Crippen LogP contribution in [0.15, 0.2) is 195 Å². The number of nitrogens with zero attached hydrogens (tertiary/aromatic N) is 2. The molecule has 2 nitrogen and oxygen atoms in total. The lowest BCUT2D eigenvalue weighted by Gasteiger charge is -2.11. The minimum absolute atomic E-state index is 1.14. The molecule has 7 aromatic carbocycles. The van der Waals surface area contributed by atoms with Crippen molar-refractivity contribution < 1.29 is 0 Å². The molecule has 0 spiro atoms. The summed E-state index contributed by atoms with van der Waals surface area (Å²) in [5.41, 5.74) is 14.3. The van der Waals surface area contributed by atoms with E-state index < -0.39 is 0 Å². The number of hydrogen-bond donors (Lipinski definition) is 0. The molecule has 0 amide bonds. The quantitative estimate of drug-likeness (QED) is 0.152. The summed E-state index contributed by atoms with van der Waals surface area (Å²) >= 11 is 0. The lowest BCUT2D eigenvalue weighted by molar-refractivity contribution is 1.18. The van der Waals surface area contributed by atoms with Gasteiger partial charge in [0.25, 0.3) is 0 Å². The highest BCUT2D eigenvalue weighted by Crippen LogP contribution is 2.39. The Morgan fingerprint density at radius 2 is 0.961 bits per heavy atom. The summed E-state index contributed by atoms with van der Waals surface area (Å²) in [6.45, 7) is 5.93. The first kappa shape index (κ1) is 30.4. The summed E-state index contributed by atoms with van der Waals surface area (Å²) in [5.74, 6) is 0. The molecule has 2 heteroatoms. The number of rotatable bonds is 7. The minimum Gasteiger partial charge on any atom is -0.309 e. The number of hydrogen-bond acceptors (Lipinski definition) is 0. The van der Waals surface area contributed by atoms with Gasteiger partial charge in [0, 0.05) is 32.9 Å². The van der Waals surface area contributed by atoms with E-state index >= 15 is 0 Å². The van der Waals surface area contributed by atoms with E-state index in [1.54, 1.807) is 0 Å². The Morgan fingerprint density at radius 3 is 1.59 bits per heavy atom. The van der Waals surface area contributed by atoms with Crippen LogP contribution in [0.1, 0.15) is 12.5 Å². The van der Waals surface area contributed by atoms with E-state index in [2.05, 4.69) is 199 Å². The normalized spacial score (nSPS) is 12.1. The van der Waals surface area contributed by atoms with Crippen LogP contribution in [0.2, 0.25) is 0 Å². The molecule has 0 unspecified atom stereocenters. The van der Waals surface area contributed by atoms with Crippen LogP contribution in [-0.4, -0.2) is 9.13 Å². The van der Waals surface area contributed by atoms with Crippen LogP contribution in [0.4, 0.5) is 0 Å². The zero-order valence-electron chi connectivity index (χ0n) is 28.5. The van der Waals surface area contributed by atoms with Gasteiger partial charge in [0.1, 0.15) is 0 Å². The molecule has 0 radical (unpaired) electrons. The van der Waals surface area contributed by atoms with E-state index in [0.29, 0.717) is 0 Å². The van der Waals surface area contributed by atoms with E-state index in [1.807, 2.05) is 12.2 Å². The number of para-hydroxylation sites is 2. The first-order valence-corrected chi connectivity index (χ1v) is 17.5. The fourth-order valence-electron chi connectivity index (χ4n) is 7.65. The average molecular weight is 653 g/mol. The molecule has 0 saturated carbocycles. The van der Waals surface area contributed by atoms with Gasteiger partial charge in [-0.15, -0.1) is 0 Å². The Balaban J connectivity index is 1.22. The van der Waals surface area contributed by atoms with Crippen LogP contribution in [0.3, 0.4) is 0 Å². The summed E-state index contributed by atoms with van der Waals surface area (Å²) < 4.78 is 4.78. The number of benzene rings is 7. The van der Waals surface area contributed by atoms with Crippen molar-refractivity contribution in [1.29, 1.82) is 0 Å². The highest BCUT2D eigenvalue weighted by atomic mass is 15.0. The number of aromatic nitrogens is 2. The van der Waals surface area contributed by atoms with Gasteiger partial charge in [0.05, 0.1) is 22.1 Å². The van der Waals surface area contributed by atoms with Gasteiger partial charge in [-0.3, -0.25) is 0 Å². The SMILES string of the molecule is C=C/C=C\C(=C/C)c1cccc(-n2c3ccccc3c3cc(-c4ccc5c(c4)c4cc(-c6ccccc6)ccc4n5-c4ccccc4)ccc32)c1. The molecular weight excluding hydrogens is 617 g/mol. The van der Waals surface area contributed by atoms with E-state index in [0.717, 1.165) is 11.4 Å². The summed E-state index contributed by atoms with van der Waals surface area (Å²) in [6, 6.07) is 59.6. The maximum absolute atomic E-state index is 3.85. The predicted octanol–water partition coefficient (Wildman–Crippen LogP) is 13.4. The van der Waals surface area contributed by atoms with Crippen molar-refractivity contribution in [2.75, 3.05) is 0 Å². The molecule has 0 bridgehead atoms. The first-order valence-electron chi connectivity index (χ1n) is 17.5. The fourth-order valence-corrected chi connectivity index (χ4v) is 7.65. The van der Waals surface area contributed by atoms with Crippen molar-refractivity contribution in [2.24, 2.45) is 0 Å². The van der Waals surface area contributed by atoms with E-state index in [1.165, 1.54) is 77.0 Å². The Labute approximate surface area is 298 Å². The third-order valence-corrected chi connectivity index (χ3v) is 10.1. The molecule has 9 rings (SSSR count). The van der Waals surface area contributed by atoms with Gasteiger partial charge >= 0.3 is 0 Å². The molecule has 0 fully saturated rings. The lowest BCUT2D eigenvalue weighted by atomic mass is 9.99. The van der Waals surface area contributed by atoms with Crippen LogP contribution in [0.25, 0.3) is 82.8 Å². The van der Waals surface area contributed by atoms with Gasteiger partial charge in [-0.05, 0) is 107 Å². The minimum atomic E-state index is 1.14. The molecule has 9 aromatic rings. The Bertz CT molecular complexity index is 2810. The van der Waals surface area contributed by atoms with Crippen LogP contribution in [0.5, 0.6) is 0 Å². The van der Waals surface area contributed by atoms with Gasteiger partial charge in [-0.1, -0.05) is 128 Å². The number of fused-ring (bicyclic) bond motifs is 6. The Hall–Kier alpha value is -6.64. The molecule has 0 aliphatic rings. The summed E-state index contributed by atoms with van der Waals surface area (Å²) in [6.07, 6.45) is 8.07. The van der Waals surface area contributed by atoms with E-state index in [-0.39, 0.29) is 0 Å². The van der Waals surface area contributed by atoms with Gasteiger partial charge in [-0.25, -0.2) is 0 Å². The van der Waals surface area contributed by atoms with Crippen molar-refractivity contribution >= 4 is 49.2 Å².